The maximum absolute atomic E-state index is 10.3. The monoisotopic (exact) mass is 226 g/mol. The van der Waals surface area contributed by atoms with E-state index in [1.165, 1.54) is 6.29 Å². The summed E-state index contributed by atoms with van der Waals surface area (Å²) in [5.74, 6) is 0. The lowest BCUT2D eigenvalue weighted by molar-refractivity contribution is -0.108. The predicted octanol–water partition coefficient (Wildman–Crippen LogP) is -0.990. The van der Waals surface area contributed by atoms with Gasteiger partial charge in [0.15, 0.2) is 5.00 Å². The Morgan fingerprint density at radius 3 is 2.54 bits per heavy atom. The Morgan fingerprint density at radius 2 is 2.23 bits per heavy atom. The molecule has 0 aromatic heterocycles. The maximum atomic E-state index is 10.3. The zero-order valence-corrected chi connectivity index (χ0v) is 7.72. The number of alkyl halides is 2. The van der Waals surface area contributed by atoms with E-state index >= 15 is 0 Å². The lowest BCUT2D eigenvalue weighted by Crippen LogP contribution is -2.58. The number of nitrogens with two attached hydrogens (primary N) is 1. The molecule has 0 rings (SSSR count). The largest absolute Gasteiger partial charge is 0.351 e. The number of hydrogen-bond donors (Lipinski definition) is 3. The van der Waals surface area contributed by atoms with Crippen LogP contribution in [0.3, 0.4) is 0 Å². The number of urea groups is 1. The minimum absolute atomic E-state index is 0.217. The maximum Gasteiger partial charge on any atom is 0.326 e. The molecule has 6 nitrogen and oxygen atoms in total. The second-order valence-electron chi connectivity index (χ2n) is 1.97. The van der Waals surface area contributed by atoms with Crippen molar-refractivity contribution in [1.82, 2.24) is 10.9 Å². The van der Waals surface area contributed by atoms with E-state index in [-0.39, 0.29) is 6.29 Å². The standard InChI is InChI=1S/C5H6Cl2N3O3/c6-3(1-11)5(7,2-12)10-9-4(8)13/h1,3,10H,(H3,8,9,13). The first-order valence-electron chi connectivity index (χ1n) is 2.96. The van der Waals surface area contributed by atoms with Crippen LogP contribution in [0.2, 0.25) is 0 Å². The van der Waals surface area contributed by atoms with Crippen LogP contribution in [0.5, 0.6) is 0 Å². The van der Waals surface area contributed by atoms with E-state index in [1.54, 1.807) is 5.43 Å². The molecule has 0 aliphatic carbocycles. The Labute approximate surface area is 83.7 Å². The Hall–Kier alpha value is -0.850. The number of hydrogen-bond acceptors (Lipinski definition) is 4. The van der Waals surface area contributed by atoms with Gasteiger partial charge in [0, 0.05) is 0 Å². The minimum atomic E-state index is -2.02. The van der Waals surface area contributed by atoms with E-state index < -0.39 is 16.4 Å². The normalized spacial score (nSPS) is 16.8. The molecule has 0 fully saturated rings. The van der Waals surface area contributed by atoms with Crippen molar-refractivity contribution in [2.45, 2.75) is 10.4 Å². The van der Waals surface area contributed by atoms with Crippen molar-refractivity contribution in [1.29, 1.82) is 0 Å². The fourth-order valence-corrected chi connectivity index (χ4v) is 0.595. The third kappa shape index (κ3) is 3.58. The number of amides is 2. The Morgan fingerprint density at radius 1 is 1.69 bits per heavy atom. The van der Waals surface area contributed by atoms with Crippen molar-refractivity contribution in [2.24, 2.45) is 5.73 Å². The van der Waals surface area contributed by atoms with Crippen molar-refractivity contribution >= 4 is 41.8 Å². The number of hydrazine groups is 1. The van der Waals surface area contributed by atoms with Crippen LogP contribution >= 0.6 is 23.2 Å². The summed E-state index contributed by atoms with van der Waals surface area (Å²) in [6.45, 7) is 0. The fraction of sp³-hybridized carbons (Fsp3) is 0.400. The molecule has 0 saturated carbocycles. The molecule has 1 radical (unpaired) electrons. The van der Waals surface area contributed by atoms with Gasteiger partial charge >= 0.3 is 6.03 Å². The molecule has 2 amide bonds. The molecule has 4 N–H and O–H groups in total. The van der Waals surface area contributed by atoms with Crippen LogP contribution < -0.4 is 16.6 Å². The average Bonchev–Trinajstić information content (AvgIpc) is 2.12. The van der Waals surface area contributed by atoms with Crippen LogP contribution in [-0.4, -0.2) is 29.0 Å². The molecule has 0 aromatic carbocycles. The number of rotatable bonds is 5. The van der Waals surface area contributed by atoms with Gasteiger partial charge in [0.2, 0.25) is 6.29 Å². The van der Waals surface area contributed by atoms with Gasteiger partial charge in [-0.1, -0.05) is 11.6 Å². The first-order valence-corrected chi connectivity index (χ1v) is 3.78. The number of halogens is 2. The number of nitrogens with one attached hydrogen (secondary N) is 2. The van der Waals surface area contributed by atoms with Gasteiger partial charge in [-0.2, -0.15) is 0 Å². The molecule has 13 heavy (non-hydrogen) atoms. The first kappa shape index (κ1) is 12.2. The van der Waals surface area contributed by atoms with Crippen LogP contribution in [-0.2, 0) is 9.59 Å². The van der Waals surface area contributed by atoms with Gasteiger partial charge in [-0.05, 0) is 0 Å². The summed E-state index contributed by atoms with van der Waals surface area (Å²) in [7, 11) is 0. The lowest BCUT2D eigenvalue weighted by atomic mass is 10.2. The molecule has 0 aliphatic heterocycles. The molecule has 0 aliphatic rings. The predicted molar refractivity (Wildman–Crippen MR) is 45.8 cm³/mol. The summed E-state index contributed by atoms with van der Waals surface area (Å²) in [5, 5.41) is -1.38. The summed E-state index contributed by atoms with van der Waals surface area (Å²) < 4.78 is 0. The number of primary amides is 1. The van der Waals surface area contributed by atoms with Gasteiger partial charge in [0.25, 0.3) is 0 Å². The molecule has 2 atom stereocenters. The highest BCUT2D eigenvalue weighted by molar-refractivity contribution is 6.42. The van der Waals surface area contributed by atoms with E-state index in [4.69, 9.17) is 23.2 Å². The van der Waals surface area contributed by atoms with E-state index in [0.29, 0.717) is 0 Å². The molecular formula is C5H6Cl2N3O3. The van der Waals surface area contributed by atoms with Crippen LogP contribution in [0.4, 0.5) is 4.79 Å². The molecule has 0 aromatic rings. The van der Waals surface area contributed by atoms with Gasteiger partial charge in [-0.3, -0.25) is 10.2 Å². The highest BCUT2D eigenvalue weighted by atomic mass is 35.5. The Kier molecular flexibility index (Phi) is 4.68. The van der Waals surface area contributed by atoms with Gasteiger partial charge in [0.1, 0.15) is 11.7 Å². The second-order valence-corrected chi connectivity index (χ2v) is 3.03. The van der Waals surface area contributed by atoms with Gasteiger partial charge in [-0.25, -0.2) is 10.2 Å². The van der Waals surface area contributed by atoms with Crippen molar-refractivity contribution in [3.8, 4) is 0 Å². The van der Waals surface area contributed by atoms with E-state index in [9.17, 15) is 14.4 Å². The van der Waals surface area contributed by atoms with Crippen LogP contribution in [0.25, 0.3) is 0 Å². The van der Waals surface area contributed by atoms with Gasteiger partial charge < -0.3 is 10.5 Å². The topological polar surface area (TPSA) is 101 Å². The van der Waals surface area contributed by atoms with E-state index in [0.717, 1.165) is 0 Å². The molecule has 0 spiro atoms. The highest BCUT2D eigenvalue weighted by Crippen LogP contribution is 2.16. The van der Waals surface area contributed by atoms with E-state index in [1.807, 2.05) is 5.43 Å². The molecule has 0 saturated heterocycles. The highest BCUT2D eigenvalue weighted by Gasteiger charge is 2.37. The Bertz CT molecular complexity index is 225. The third-order valence-corrected chi connectivity index (χ3v) is 1.96. The van der Waals surface area contributed by atoms with Crippen molar-refractivity contribution < 1.29 is 14.4 Å². The number of aldehydes is 1. The summed E-state index contributed by atoms with van der Waals surface area (Å²) >= 11 is 10.8. The number of carbonyl (C=O) groups excluding carboxylic acids is 3. The third-order valence-electron chi connectivity index (χ3n) is 1.02. The van der Waals surface area contributed by atoms with Crippen LogP contribution in [0.1, 0.15) is 0 Å². The molecular weight excluding hydrogens is 221 g/mol. The van der Waals surface area contributed by atoms with Crippen molar-refractivity contribution in [2.75, 3.05) is 0 Å². The van der Waals surface area contributed by atoms with E-state index in [2.05, 4.69) is 5.73 Å². The lowest BCUT2D eigenvalue weighted by Gasteiger charge is -2.22. The Balaban J connectivity index is 4.35. The quantitative estimate of drug-likeness (QED) is 0.243. The SMILES string of the molecule is NC(=O)NNC(Cl)([C]=O)C(Cl)C=O. The van der Waals surface area contributed by atoms with Crippen molar-refractivity contribution in [3.63, 3.8) is 0 Å². The van der Waals surface area contributed by atoms with Gasteiger partial charge in [0.05, 0.1) is 0 Å². The smallest absolute Gasteiger partial charge is 0.326 e. The zero-order chi connectivity index (χ0) is 10.5. The summed E-state index contributed by atoms with van der Waals surface area (Å²) in [4.78, 5) is 28.6. The summed E-state index contributed by atoms with van der Waals surface area (Å²) in [6.07, 6.45) is 1.47. The van der Waals surface area contributed by atoms with Gasteiger partial charge in [-0.15, -0.1) is 11.6 Å². The molecule has 73 valence electrons. The average molecular weight is 227 g/mol. The van der Waals surface area contributed by atoms with Crippen LogP contribution in [0, 0.1) is 0 Å². The minimum Gasteiger partial charge on any atom is -0.351 e. The summed E-state index contributed by atoms with van der Waals surface area (Å²) in [6, 6.07) is -0.977. The van der Waals surface area contributed by atoms with Crippen molar-refractivity contribution in [3.05, 3.63) is 0 Å². The first-order chi connectivity index (χ1) is 5.96. The molecule has 8 heteroatoms. The molecule has 0 heterocycles. The second kappa shape index (κ2) is 5.00. The molecule has 0 bridgehead atoms. The summed E-state index contributed by atoms with van der Waals surface area (Å²) in [5.41, 5.74) is 8.42. The zero-order valence-electron chi connectivity index (χ0n) is 6.21. The fourth-order valence-electron chi connectivity index (χ4n) is 0.397. The number of carbonyl (C=O) groups is 2. The molecule has 2 unspecified atom stereocenters. The van der Waals surface area contributed by atoms with Crippen LogP contribution in [0.15, 0.2) is 0 Å².